The fourth-order valence-corrected chi connectivity index (χ4v) is 3.72. The molecule has 0 atom stereocenters. The molecule has 7 heteroatoms. The van der Waals surface area contributed by atoms with Gasteiger partial charge in [-0.1, -0.05) is 65.9 Å². The molecule has 4 aromatic rings. The Balaban J connectivity index is 1.53. The number of carbonyl (C=O) groups excluding carboxylic acids is 1. The minimum atomic E-state index is -0.0786. The number of hydrogen-bond acceptors (Lipinski definition) is 5. The third-order valence-electron chi connectivity index (χ3n) is 4.48. The maximum atomic E-state index is 12.3. The Morgan fingerprint density at radius 2 is 1.73 bits per heavy atom. The third-order valence-corrected chi connectivity index (χ3v) is 5.41. The van der Waals surface area contributed by atoms with Crippen LogP contribution in [0.5, 0.6) is 0 Å². The average Bonchev–Trinajstić information content (AvgIpc) is 3.22. The van der Waals surface area contributed by atoms with E-state index < -0.39 is 0 Å². The van der Waals surface area contributed by atoms with Crippen LogP contribution in [-0.4, -0.2) is 31.4 Å². The zero-order valence-electron chi connectivity index (χ0n) is 16.5. The highest BCUT2D eigenvalue weighted by Crippen LogP contribution is 2.28. The summed E-state index contributed by atoms with van der Waals surface area (Å²) in [5, 5.41) is 12.3. The lowest BCUT2D eigenvalue weighted by atomic mass is 10.1. The standard InChI is InChI=1S/C23H21N5OS/c1-17-10-12-18(13-11-17)22-26-27-23(28(22)20-8-3-2-4-9-20)30-16-21(29)25-15-19-7-5-6-14-24-19/h2-14H,15-16H2,1H3,(H,25,29). The lowest BCUT2D eigenvalue weighted by Gasteiger charge is -2.10. The van der Waals surface area contributed by atoms with Crippen LogP contribution in [0.4, 0.5) is 0 Å². The number of aryl methyl sites for hydroxylation is 1. The number of aromatic nitrogens is 4. The summed E-state index contributed by atoms with van der Waals surface area (Å²) in [4.78, 5) is 16.6. The third kappa shape index (κ3) is 4.75. The molecule has 2 aromatic heterocycles. The second-order valence-corrected chi connectivity index (χ2v) is 7.67. The molecule has 0 aliphatic heterocycles. The summed E-state index contributed by atoms with van der Waals surface area (Å²) >= 11 is 1.36. The molecule has 30 heavy (non-hydrogen) atoms. The van der Waals surface area contributed by atoms with Gasteiger partial charge >= 0.3 is 0 Å². The molecule has 2 heterocycles. The summed E-state index contributed by atoms with van der Waals surface area (Å²) in [7, 11) is 0. The molecule has 6 nitrogen and oxygen atoms in total. The van der Waals surface area contributed by atoms with Crippen LogP contribution in [0, 0.1) is 6.92 Å². The Labute approximate surface area is 179 Å². The Morgan fingerprint density at radius 3 is 2.47 bits per heavy atom. The molecule has 0 unspecified atom stereocenters. The average molecular weight is 416 g/mol. The Morgan fingerprint density at radius 1 is 0.967 bits per heavy atom. The number of hydrogen-bond donors (Lipinski definition) is 1. The van der Waals surface area contributed by atoms with Gasteiger partial charge in [0.25, 0.3) is 0 Å². The summed E-state index contributed by atoms with van der Waals surface area (Å²) in [6, 6.07) is 23.7. The highest BCUT2D eigenvalue weighted by Gasteiger charge is 2.17. The molecule has 0 bridgehead atoms. The van der Waals surface area contributed by atoms with Gasteiger partial charge in [-0.25, -0.2) is 0 Å². The van der Waals surface area contributed by atoms with E-state index >= 15 is 0 Å². The van der Waals surface area contributed by atoms with Crippen LogP contribution in [-0.2, 0) is 11.3 Å². The van der Waals surface area contributed by atoms with Crippen molar-refractivity contribution in [1.29, 1.82) is 0 Å². The fourth-order valence-electron chi connectivity index (χ4n) is 2.94. The monoisotopic (exact) mass is 415 g/mol. The normalized spacial score (nSPS) is 10.7. The van der Waals surface area contributed by atoms with Crippen molar-refractivity contribution < 1.29 is 4.79 Å². The van der Waals surface area contributed by atoms with Crippen molar-refractivity contribution in [2.24, 2.45) is 0 Å². The Hall–Kier alpha value is -3.45. The highest BCUT2D eigenvalue weighted by molar-refractivity contribution is 7.99. The van der Waals surface area contributed by atoms with E-state index in [1.54, 1.807) is 6.20 Å². The first-order valence-electron chi connectivity index (χ1n) is 9.58. The van der Waals surface area contributed by atoms with E-state index in [2.05, 4.69) is 39.6 Å². The molecule has 0 fully saturated rings. The largest absolute Gasteiger partial charge is 0.350 e. The first kappa shape index (κ1) is 19.8. The van der Waals surface area contributed by atoms with Gasteiger partial charge in [-0.3, -0.25) is 14.3 Å². The number of thioether (sulfide) groups is 1. The molecule has 150 valence electrons. The van der Waals surface area contributed by atoms with Crippen LogP contribution < -0.4 is 5.32 Å². The van der Waals surface area contributed by atoms with Gasteiger partial charge in [0.2, 0.25) is 5.91 Å². The van der Waals surface area contributed by atoms with Crippen LogP contribution in [0.2, 0.25) is 0 Å². The molecule has 0 saturated heterocycles. The summed E-state index contributed by atoms with van der Waals surface area (Å²) in [5.41, 5.74) is 3.94. The minimum absolute atomic E-state index is 0.0786. The molecule has 1 amide bonds. The second-order valence-electron chi connectivity index (χ2n) is 6.73. The minimum Gasteiger partial charge on any atom is -0.350 e. The number of pyridine rings is 1. The van der Waals surface area contributed by atoms with Gasteiger partial charge in [0.05, 0.1) is 18.0 Å². The van der Waals surface area contributed by atoms with Gasteiger partial charge in [-0.15, -0.1) is 10.2 Å². The van der Waals surface area contributed by atoms with Crippen molar-refractivity contribution in [2.45, 2.75) is 18.6 Å². The zero-order valence-corrected chi connectivity index (χ0v) is 17.3. The number of para-hydroxylation sites is 1. The van der Waals surface area contributed by atoms with Gasteiger partial charge in [0, 0.05) is 17.4 Å². The molecule has 0 aliphatic rings. The zero-order chi connectivity index (χ0) is 20.8. The van der Waals surface area contributed by atoms with Gasteiger partial charge in [0.15, 0.2) is 11.0 Å². The van der Waals surface area contributed by atoms with Gasteiger partial charge in [0.1, 0.15) is 0 Å². The number of rotatable bonds is 7. The maximum Gasteiger partial charge on any atom is 0.230 e. The van der Waals surface area contributed by atoms with E-state index in [0.29, 0.717) is 11.7 Å². The number of nitrogens with one attached hydrogen (secondary N) is 1. The van der Waals surface area contributed by atoms with Gasteiger partial charge < -0.3 is 5.32 Å². The number of amides is 1. The molecule has 0 saturated carbocycles. The van der Waals surface area contributed by atoms with Crippen molar-refractivity contribution in [3.05, 3.63) is 90.3 Å². The van der Waals surface area contributed by atoms with E-state index in [0.717, 1.165) is 22.8 Å². The topological polar surface area (TPSA) is 72.7 Å². The molecule has 0 aliphatic carbocycles. The first-order valence-corrected chi connectivity index (χ1v) is 10.6. The van der Waals surface area contributed by atoms with E-state index in [1.165, 1.54) is 17.3 Å². The lowest BCUT2D eigenvalue weighted by Crippen LogP contribution is -2.25. The van der Waals surface area contributed by atoms with Crippen LogP contribution in [0.3, 0.4) is 0 Å². The van der Waals surface area contributed by atoms with E-state index in [9.17, 15) is 4.79 Å². The Kier molecular flexibility index (Phi) is 6.20. The Bertz CT molecular complexity index is 1110. The molecular weight excluding hydrogens is 394 g/mol. The number of carbonyl (C=O) groups is 1. The highest BCUT2D eigenvalue weighted by atomic mass is 32.2. The van der Waals surface area contributed by atoms with E-state index in [-0.39, 0.29) is 11.7 Å². The quantitative estimate of drug-likeness (QED) is 0.461. The molecule has 0 spiro atoms. The summed E-state index contributed by atoms with van der Waals surface area (Å²) < 4.78 is 1.99. The van der Waals surface area contributed by atoms with Crippen molar-refractivity contribution in [3.63, 3.8) is 0 Å². The van der Waals surface area contributed by atoms with Crippen molar-refractivity contribution in [2.75, 3.05) is 5.75 Å². The molecule has 4 rings (SSSR count). The number of nitrogens with zero attached hydrogens (tertiary/aromatic N) is 4. The molecular formula is C23H21N5OS. The summed E-state index contributed by atoms with van der Waals surface area (Å²) in [6.45, 7) is 2.46. The van der Waals surface area contributed by atoms with Crippen LogP contribution in [0.15, 0.2) is 84.1 Å². The van der Waals surface area contributed by atoms with Gasteiger partial charge in [-0.05, 0) is 31.2 Å². The van der Waals surface area contributed by atoms with Crippen LogP contribution in [0.25, 0.3) is 17.1 Å². The molecule has 2 aromatic carbocycles. The van der Waals surface area contributed by atoms with Crippen LogP contribution in [0.1, 0.15) is 11.3 Å². The van der Waals surface area contributed by atoms with E-state index in [4.69, 9.17) is 0 Å². The van der Waals surface area contributed by atoms with E-state index in [1.807, 2.05) is 65.2 Å². The summed E-state index contributed by atoms with van der Waals surface area (Å²) in [6.07, 6.45) is 1.71. The smallest absolute Gasteiger partial charge is 0.230 e. The molecule has 0 radical (unpaired) electrons. The second kappa shape index (κ2) is 9.37. The van der Waals surface area contributed by atoms with Crippen molar-refractivity contribution in [3.8, 4) is 17.1 Å². The van der Waals surface area contributed by atoms with Crippen molar-refractivity contribution >= 4 is 17.7 Å². The predicted octanol–water partition coefficient (Wildman–Crippen LogP) is 4.05. The van der Waals surface area contributed by atoms with Crippen molar-refractivity contribution in [1.82, 2.24) is 25.1 Å². The molecule has 1 N–H and O–H groups in total. The SMILES string of the molecule is Cc1ccc(-c2nnc(SCC(=O)NCc3ccccn3)n2-c2ccccc2)cc1. The number of benzene rings is 2. The fraction of sp³-hybridized carbons (Fsp3) is 0.130. The summed E-state index contributed by atoms with van der Waals surface area (Å²) in [5.74, 6) is 0.911. The maximum absolute atomic E-state index is 12.3. The first-order chi connectivity index (χ1) is 14.7. The predicted molar refractivity (Wildman–Crippen MR) is 118 cm³/mol. The lowest BCUT2D eigenvalue weighted by molar-refractivity contribution is -0.118. The van der Waals surface area contributed by atoms with Gasteiger partial charge in [-0.2, -0.15) is 0 Å². The van der Waals surface area contributed by atoms with Crippen LogP contribution >= 0.6 is 11.8 Å².